The van der Waals surface area contributed by atoms with E-state index in [9.17, 15) is 4.79 Å². The minimum Gasteiger partial charge on any atom is -0.478 e. The van der Waals surface area contributed by atoms with Gasteiger partial charge in [0.2, 0.25) is 0 Å². The van der Waals surface area contributed by atoms with E-state index in [2.05, 4.69) is 0 Å². The van der Waals surface area contributed by atoms with Gasteiger partial charge in [-0.1, -0.05) is 6.07 Å². The van der Waals surface area contributed by atoms with Gasteiger partial charge in [-0.25, -0.2) is 4.79 Å². The van der Waals surface area contributed by atoms with E-state index < -0.39 is 5.97 Å². The highest BCUT2D eigenvalue weighted by Crippen LogP contribution is 2.26. The van der Waals surface area contributed by atoms with E-state index >= 15 is 0 Å². The molecule has 1 aromatic heterocycles. The van der Waals surface area contributed by atoms with Gasteiger partial charge in [-0.2, -0.15) is 0 Å². The van der Waals surface area contributed by atoms with Crippen molar-refractivity contribution in [1.29, 1.82) is 0 Å². The zero-order valence-corrected chi connectivity index (χ0v) is 7.89. The van der Waals surface area contributed by atoms with Gasteiger partial charge in [0.15, 0.2) is 0 Å². The third-order valence-electron chi connectivity index (χ3n) is 2.02. The normalized spacial score (nSPS) is 10.5. The molecule has 0 atom stereocenters. The van der Waals surface area contributed by atoms with Gasteiger partial charge >= 0.3 is 5.97 Å². The van der Waals surface area contributed by atoms with Crippen LogP contribution in [0.3, 0.4) is 0 Å². The van der Waals surface area contributed by atoms with Gasteiger partial charge in [-0.15, -0.1) is 11.3 Å². The van der Waals surface area contributed by atoms with Crippen molar-refractivity contribution in [3.63, 3.8) is 0 Å². The van der Waals surface area contributed by atoms with E-state index in [1.807, 2.05) is 18.4 Å². The molecule has 13 heavy (non-hydrogen) atoms. The third kappa shape index (κ3) is 1.31. The quantitative estimate of drug-likeness (QED) is 0.754. The van der Waals surface area contributed by atoms with Crippen LogP contribution in [0.25, 0.3) is 10.1 Å². The van der Waals surface area contributed by atoms with Crippen molar-refractivity contribution in [3.8, 4) is 0 Å². The summed E-state index contributed by atoms with van der Waals surface area (Å²) < 4.78 is 1.04. The molecule has 1 N–H and O–H groups in total. The highest BCUT2D eigenvalue weighted by molar-refractivity contribution is 7.17. The fourth-order valence-corrected chi connectivity index (χ4v) is 2.28. The molecule has 2 nitrogen and oxygen atoms in total. The Kier molecular flexibility index (Phi) is 1.81. The predicted octanol–water partition coefficient (Wildman–Crippen LogP) is 2.91. The van der Waals surface area contributed by atoms with Crippen LogP contribution in [0.1, 0.15) is 15.9 Å². The predicted molar refractivity (Wildman–Crippen MR) is 53.5 cm³/mol. The van der Waals surface area contributed by atoms with Gasteiger partial charge in [0.05, 0.1) is 5.56 Å². The monoisotopic (exact) mass is 192 g/mol. The van der Waals surface area contributed by atoms with Crippen molar-refractivity contribution in [1.82, 2.24) is 0 Å². The lowest BCUT2D eigenvalue weighted by Gasteiger charge is -1.94. The molecule has 0 radical (unpaired) electrons. The summed E-state index contributed by atoms with van der Waals surface area (Å²) >= 11 is 1.58. The van der Waals surface area contributed by atoms with Crippen LogP contribution in [0, 0.1) is 6.92 Å². The summed E-state index contributed by atoms with van der Waals surface area (Å²) in [6.07, 6.45) is 0. The van der Waals surface area contributed by atoms with Crippen LogP contribution >= 0.6 is 11.3 Å². The lowest BCUT2D eigenvalue weighted by atomic mass is 10.1. The van der Waals surface area contributed by atoms with Crippen LogP contribution in [-0.2, 0) is 0 Å². The van der Waals surface area contributed by atoms with E-state index in [0.717, 1.165) is 10.1 Å². The minimum absolute atomic E-state index is 0.356. The number of rotatable bonds is 1. The lowest BCUT2D eigenvalue weighted by Crippen LogP contribution is -1.94. The summed E-state index contributed by atoms with van der Waals surface area (Å²) in [5.74, 6) is -0.868. The van der Waals surface area contributed by atoms with Gasteiger partial charge < -0.3 is 5.11 Å². The fraction of sp³-hybridized carbons (Fsp3) is 0.100. The Morgan fingerprint density at radius 1 is 1.46 bits per heavy atom. The zero-order valence-electron chi connectivity index (χ0n) is 7.07. The SMILES string of the molecule is Cc1csc2cc(C(=O)O)ccc12. The van der Waals surface area contributed by atoms with Crippen molar-refractivity contribution in [3.05, 3.63) is 34.7 Å². The van der Waals surface area contributed by atoms with Gasteiger partial charge in [0.1, 0.15) is 0 Å². The number of hydrogen-bond acceptors (Lipinski definition) is 2. The van der Waals surface area contributed by atoms with Crippen LogP contribution in [0.15, 0.2) is 23.6 Å². The van der Waals surface area contributed by atoms with E-state index in [0.29, 0.717) is 5.56 Å². The Hall–Kier alpha value is -1.35. The van der Waals surface area contributed by atoms with Crippen LogP contribution in [0.4, 0.5) is 0 Å². The molecular formula is C10H8O2S. The van der Waals surface area contributed by atoms with E-state index in [1.165, 1.54) is 5.56 Å². The average molecular weight is 192 g/mol. The first-order chi connectivity index (χ1) is 6.18. The minimum atomic E-state index is -0.868. The van der Waals surface area contributed by atoms with Gasteiger partial charge in [-0.3, -0.25) is 0 Å². The van der Waals surface area contributed by atoms with Gasteiger partial charge in [0.25, 0.3) is 0 Å². The largest absolute Gasteiger partial charge is 0.478 e. The molecule has 2 rings (SSSR count). The Morgan fingerprint density at radius 3 is 2.92 bits per heavy atom. The Bertz CT molecular complexity index is 471. The topological polar surface area (TPSA) is 37.3 Å². The van der Waals surface area contributed by atoms with Crippen molar-refractivity contribution < 1.29 is 9.90 Å². The summed E-state index contributed by atoms with van der Waals surface area (Å²) in [6, 6.07) is 5.23. The first kappa shape index (κ1) is 8.26. The number of carbonyl (C=O) groups is 1. The molecule has 2 aromatic rings. The second kappa shape index (κ2) is 2.85. The molecule has 1 heterocycles. The summed E-state index contributed by atoms with van der Waals surface area (Å²) in [6.45, 7) is 2.03. The molecule has 0 fully saturated rings. The highest BCUT2D eigenvalue weighted by Gasteiger charge is 2.05. The molecule has 0 unspecified atom stereocenters. The van der Waals surface area contributed by atoms with Crippen molar-refractivity contribution >= 4 is 27.4 Å². The van der Waals surface area contributed by atoms with Crippen molar-refractivity contribution in [2.24, 2.45) is 0 Å². The molecular weight excluding hydrogens is 184 g/mol. The van der Waals surface area contributed by atoms with Crippen molar-refractivity contribution in [2.45, 2.75) is 6.92 Å². The molecule has 0 saturated heterocycles. The Balaban J connectivity index is 2.70. The number of thiophene rings is 1. The molecule has 66 valence electrons. The molecule has 0 aliphatic heterocycles. The van der Waals surface area contributed by atoms with E-state index in [4.69, 9.17) is 5.11 Å². The van der Waals surface area contributed by atoms with Gasteiger partial charge in [0, 0.05) is 4.70 Å². The summed E-state index contributed by atoms with van der Waals surface area (Å²) in [5, 5.41) is 11.9. The maximum atomic E-state index is 10.7. The van der Waals surface area contributed by atoms with Crippen LogP contribution < -0.4 is 0 Å². The number of aryl methyl sites for hydroxylation is 1. The fourth-order valence-electron chi connectivity index (χ4n) is 1.29. The average Bonchev–Trinajstić information content (AvgIpc) is 2.47. The lowest BCUT2D eigenvalue weighted by molar-refractivity contribution is 0.0697. The maximum absolute atomic E-state index is 10.7. The molecule has 0 aliphatic rings. The first-order valence-electron chi connectivity index (χ1n) is 3.89. The smallest absolute Gasteiger partial charge is 0.335 e. The summed E-state index contributed by atoms with van der Waals surface area (Å²) in [7, 11) is 0. The Morgan fingerprint density at radius 2 is 2.23 bits per heavy atom. The van der Waals surface area contributed by atoms with E-state index in [-0.39, 0.29) is 0 Å². The molecule has 0 spiro atoms. The molecule has 0 aliphatic carbocycles. The standard InChI is InChI=1S/C10H8O2S/c1-6-5-13-9-4-7(10(11)12)2-3-8(6)9/h2-5H,1H3,(H,11,12). The third-order valence-corrected chi connectivity index (χ3v) is 3.08. The number of aromatic carboxylic acids is 1. The number of hydrogen-bond donors (Lipinski definition) is 1. The highest BCUT2D eigenvalue weighted by atomic mass is 32.1. The molecule has 3 heteroatoms. The Labute approximate surface area is 79.4 Å². The molecule has 0 bridgehead atoms. The number of carboxylic acids is 1. The summed E-state index contributed by atoms with van der Waals surface area (Å²) in [4.78, 5) is 10.7. The zero-order chi connectivity index (χ0) is 9.42. The maximum Gasteiger partial charge on any atom is 0.335 e. The second-order valence-electron chi connectivity index (χ2n) is 2.93. The van der Waals surface area contributed by atoms with Crippen LogP contribution in [0.5, 0.6) is 0 Å². The molecule has 0 amide bonds. The van der Waals surface area contributed by atoms with E-state index in [1.54, 1.807) is 23.5 Å². The van der Waals surface area contributed by atoms with Crippen molar-refractivity contribution in [2.75, 3.05) is 0 Å². The number of fused-ring (bicyclic) bond motifs is 1. The molecule has 1 aromatic carbocycles. The number of carboxylic acid groups (broad SMARTS) is 1. The summed E-state index contributed by atoms with van der Waals surface area (Å²) in [5.41, 5.74) is 1.56. The number of benzene rings is 1. The second-order valence-corrected chi connectivity index (χ2v) is 3.85. The van der Waals surface area contributed by atoms with Gasteiger partial charge in [-0.05, 0) is 35.4 Å². The first-order valence-corrected chi connectivity index (χ1v) is 4.77. The van der Waals surface area contributed by atoms with Crippen LogP contribution in [-0.4, -0.2) is 11.1 Å². The molecule has 0 saturated carbocycles. The van der Waals surface area contributed by atoms with Crippen LogP contribution in [0.2, 0.25) is 0 Å².